The predicted molar refractivity (Wildman–Crippen MR) is 84.5 cm³/mol. The second-order valence-electron chi connectivity index (χ2n) is 5.68. The zero-order chi connectivity index (χ0) is 14.2. The van der Waals surface area contributed by atoms with Crippen molar-refractivity contribution in [2.24, 2.45) is 0 Å². The highest BCUT2D eigenvalue weighted by Gasteiger charge is 2.21. The van der Waals surface area contributed by atoms with Gasteiger partial charge in [0.2, 0.25) is 0 Å². The van der Waals surface area contributed by atoms with Gasteiger partial charge in [0.15, 0.2) is 0 Å². The van der Waals surface area contributed by atoms with Gasteiger partial charge in [0.25, 0.3) is 0 Å². The van der Waals surface area contributed by atoms with Crippen LogP contribution in [0.3, 0.4) is 0 Å². The van der Waals surface area contributed by atoms with E-state index in [-0.39, 0.29) is 0 Å². The van der Waals surface area contributed by atoms with Crippen LogP contribution in [0.5, 0.6) is 5.75 Å². The molecule has 1 fully saturated rings. The summed E-state index contributed by atoms with van der Waals surface area (Å²) >= 11 is 0. The van der Waals surface area contributed by atoms with E-state index in [1.54, 1.807) is 7.11 Å². The maximum Gasteiger partial charge on any atom is 0.118 e. The molecule has 3 nitrogen and oxygen atoms in total. The van der Waals surface area contributed by atoms with Crippen molar-refractivity contribution in [3.05, 3.63) is 29.8 Å². The van der Waals surface area contributed by atoms with Crippen molar-refractivity contribution in [2.75, 3.05) is 33.8 Å². The van der Waals surface area contributed by atoms with E-state index in [1.807, 2.05) is 7.05 Å². The molecule has 1 N–H and O–H groups in total. The van der Waals surface area contributed by atoms with Gasteiger partial charge in [-0.25, -0.2) is 0 Å². The minimum Gasteiger partial charge on any atom is -0.497 e. The zero-order valence-corrected chi connectivity index (χ0v) is 12.9. The average molecular weight is 276 g/mol. The molecule has 0 aliphatic carbocycles. The number of likely N-dealkylation sites (tertiary alicyclic amines) is 1. The van der Waals surface area contributed by atoms with Crippen LogP contribution in [0.15, 0.2) is 24.3 Å². The van der Waals surface area contributed by atoms with Crippen LogP contribution in [0.4, 0.5) is 0 Å². The summed E-state index contributed by atoms with van der Waals surface area (Å²) in [5, 5.41) is 3.28. The summed E-state index contributed by atoms with van der Waals surface area (Å²) in [6.07, 6.45) is 6.54. The Morgan fingerprint density at radius 1 is 1.25 bits per heavy atom. The number of nitrogens with one attached hydrogen (secondary N) is 1. The van der Waals surface area contributed by atoms with Gasteiger partial charge in [-0.2, -0.15) is 0 Å². The molecule has 3 heteroatoms. The molecule has 1 aromatic carbocycles. The summed E-state index contributed by atoms with van der Waals surface area (Å²) < 4.78 is 5.21. The van der Waals surface area contributed by atoms with E-state index in [2.05, 4.69) is 34.5 Å². The predicted octanol–water partition coefficient (Wildman–Crippen LogP) is 2.70. The Labute approximate surface area is 123 Å². The van der Waals surface area contributed by atoms with Gasteiger partial charge in [0.1, 0.15) is 5.75 Å². The van der Waals surface area contributed by atoms with Crippen molar-refractivity contribution in [3.63, 3.8) is 0 Å². The maximum atomic E-state index is 5.21. The molecule has 1 heterocycles. The molecular weight excluding hydrogens is 248 g/mol. The molecule has 1 aliphatic heterocycles. The van der Waals surface area contributed by atoms with Crippen LogP contribution in [0.25, 0.3) is 0 Å². The van der Waals surface area contributed by atoms with Gasteiger partial charge in [-0.15, -0.1) is 0 Å². The number of hydrogen-bond acceptors (Lipinski definition) is 3. The number of piperidine rings is 1. The van der Waals surface area contributed by atoms with Crippen molar-refractivity contribution in [2.45, 2.75) is 38.1 Å². The largest absolute Gasteiger partial charge is 0.497 e. The average Bonchev–Trinajstić information content (AvgIpc) is 2.52. The first-order valence-electron chi connectivity index (χ1n) is 7.85. The van der Waals surface area contributed by atoms with Crippen LogP contribution < -0.4 is 10.1 Å². The molecule has 0 amide bonds. The summed E-state index contributed by atoms with van der Waals surface area (Å²) in [4.78, 5) is 2.69. The second kappa shape index (κ2) is 8.28. The first-order valence-corrected chi connectivity index (χ1v) is 7.85. The van der Waals surface area contributed by atoms with Gasteiger partial charge >= 0.3 is 0 Å². The third-order valence-corrected chi connectivity index (χ3v) is 4.32. The molecule has 112 valence electrons. The van der Waals surface area contributed by atoms with E-state index in [4.69, 9.17) is 4.74 Å². The van der Waals surface area contributed by atoms with E-state index >= 15 is 0 Å². The monoisotopic (exact) mass is 276 g/mol. The zero-order valence-electron chi connectivity index (χ0n) is 12.9. The fourth-order valence-electron chi connectivity index (χ4n) is 3.06. The lowest BCUT2D eigenvalue weighted by Crippen LogP contribution is -2.42. The van der Waals surface area contributed by atoms with Crippen LogP contribution in [-0.4, -0.2) is 44.7 Å². The molecule has 0 saturated carbocycles. The topological polar surface area (TPSA) is 24.5 Å². The third kappa shape index (κ3) is 4.50. The number of rotatable bonds is 7. The quantitative estimate of drug-likeness (QED) is 0.828. The number of methoxy groups -OCH3 is 1. The van der Waals surface area contributed by atoms with Gasteiger partial charge in [-0.3, -0.25) is 0 Å². The number of ether oxygens (including phenoxy) is 1. The number of nitrogens with zero attached hydrogens (tertiary/aromatic N) is 1. The summed E-state index contributed by atoms with van der Waals surface area (Å²) in [6.45, 7) is 3.58. The van der Waals surface area contributed by atoms with Gasteiger partial charge in [0.05, 0.1) is 7.11 Å². The van der Waals surface area contributed by atoms with Crippen LogP contribution >= 0.6 is 0 Å². The Balaban J connectivity index is 1.83. The van der Waals surface area contributed by atoms with Crippen molar-refractivity contribution in [1.82, 2.24) is 10.2 Å². The highest BCUT2D eigenvalue weighted by Crippen LogP contribution is 2.20. The third-order valence-electron chi connectivity index (χ3n) is 4.32. The molecule has 1 aliphatic rings. The maximum absolute atomic E-state index is 5.21. The first-order chi connectivity index (χ1) is 9.83. The van der Waals surface area contributed by atoms with Gasteiger partial charge in [-0.1, -0.05) is 18.6 Å². The molecular formula is C17H28N2O. The van der Waals surface area contributed by atoms with Crippen LogP contribution in [0.1, 0.15) is 31.2 Å². The second-order valence-corrected chi connectivity index (χ2v) is 5.68. The first kappa shape index (κ1) is 15.3. The molecule has 1 saturated heterocycles. The van der Waals surface area contributed by atoms with E-state index in [9.17, 15) is 0 Å². The molecule has 1 aromatic rings. The molecule has 0 radical (unpaired) electrons. The Bertz CT molecular complexity index is 377. The van der Waals surface area contributed by atoms with E-state index < -0.39 is 0 Å². The minimum atomic E-state index is 0.773. The van der Waals surface area contributed by atoms with Gasteiger partial charge in [-0.05, 0) is 63.5 Å². The number of benzene rings is 1. The summed E-state index contributed by atoms with van der Waals surface area (Å²) in [6, 6.07) is 9.26. The van der Waals surface area contributed by atoms with Crippen molar-refractivity contribution in [3.8, 4) is 5.75 Å². The summed E-state index contributed by atoms with van der Waals surface area (Å²) in [5.41, 5.74) is 1.41. The van der Waals surface area contributed by atoms with Crippen molar-refractivity contribution >= 4 is 0 Å². The Hall–Kier alpha value is -1.06. The SMILES string of the molecule is CNCCC1CCCCN1CCc1ccc(OC)cc1. The smallest absolute Gasteiger partial charge is 0.118 e. The van der Waals surface area contributed by atoms with Gasteiger partial charge in [0, 0.05) is 12.6 Å². The molecule has 0 spiro atoms. The molecule has 1 unspecified atom stereocenters. The molecule has 2 rings (SSSR count). The van der Waals surface area contributed by atoms with Crippen LogP contribution in [0, 0.1) is 0 Å². The van der Waals surface area contributed by atoms with E-state index in [0.29, 0.717) is 0 Å². The highest BCUT2D eigenvalue weighted by atomic mass is 16.5. The lowest BCUT2D eigenvalue weighted by molar-refractivity contribution is 0.142. The lowest BCUT2D eigenvalue weighted by atomic mass is 9.98. The van der Waals surface area contributed by atoms with Crippen molar-refractivity contribution in [1.29, 1.82) is 0 Å². The van der Waals surface area contributed by atoms with Gasteiger partial charge < -0.3 is 15.0 Å². The lowest BCUT2D eigenvalue weighted by Gasteiger charge is -2.36. The van der Waals surface area contributed by atoms with E-state index in [1.165, 1.54) is 44.3 Å². The molecule has 0 aromatic heterocycles. The fraction of sp³-hybridized carbons (Fsp3) is 0.647. The molecule has 0 bridgehead atoms. The van der Waals surface area contributed by atoms with Crippen LogP contribution in [-0.2, 0) is 6.42 Å². The number of hydrogen-bond donors (Lipinski definition) is 1. The summed E-state index contributed by atoms with van der Waals surface area (Å²) in [5.74, 6) is 0.943. The molecule has 20 heavy (non-hydrogen) atoms. The van der Waals surface area contributed by atoms with Crippen LogP contribution in [0.2, 0.25) is 0 Å². The normalized spacial score (nSPS) is 20.0. The standard InChI is InChI=1S/C17H28N2O/c1-18-12-10-16-5-3-4-13-19(16)14-11-15-6-8-17(20-2)9-7-15/h6-9,16,18H,3-5,10-14H2,1-2H3. The van der Waals surface area contributed by atoms with E-state index in [0.717, 1.165) is 24.8 Å². The highest BCUT2D eigenvalue weighted by molar-refractivity contribution is 5.27. The Morgan fingerprint density at radius 2 is 2.05 bits per heavy atom. The minimum absolute atomic E-state index is 0.773. The fourth-order valence-corrected chi connectivity index (χ4v) is 3.06. The summed E-state index contributed by atoms with van der Waals surface area (Å²) in [7, 11) is 3.76. The molecule has 1 atom stereocenters. The Kier molecular flexibility index (Phi) is 6.34. The Morgan fingerprint density at radius 3 is 2.75 bits per heavy atom. The van der Waals surface area contributed by atoms with Crippen molar-refractivity contribution < 1.29 is 4.74 Å².